The Morgan fingerprint density at radius 3 is 2.24 bits per heavy atom. The second-order valence-corrected chi connectivity index (χ2v) is 4.68. The molecule has 2 aromatic rings. The fourth-order valence-corrected chi connectivity index (χ4v) is 1.96. The Labute approximate surface area is 128 Å². The number of methoxy groups -OCH3 is 2. The van der Waals surface area contributed by atoms with Gasteiger partial charge in [-0.3, -0.25) is 0 Å². The third-order valence-electron chi connectivity index (χ3n) is 2.90. The molecule has 110 valence electrons. The molecule has 0 spiro atoms. The molecule has 2 aromatic carbocycles. The van der Waals surface area contributed by atoms with Crippen LogP contribution in [0.2, 0.25) is 5.02 Å². The minimum Gasteiger partial charge on any atom is -0.497 e. The van der Waals surface area contributed by atoms with Crippen LogP contribution in [-0.2, 0) is 11.3 Å². The zero-order valence-corrected chi connectivity index (χ0v) is 12.5. The van der Waals surface area contributed by atoms with E-state index in [2.05, 4.69) is 0 Å². The second kappa shape index (κ2) is 6.99. The lowest BCUT2D eigenvalue weighted by Crippen LogP contribution is -2.06. The smallest absolute Gasteiger partial charge is 0.338 e. The van der Waals surface area contributed by atoms with Crippen molar-refractivity contribution in [3.63, 3.8) is 0 Å². The molecule has 0 amide bonds. The maximum absolute atomic E-state index is 12.1. The summed E-state index contributed by atoms with van der Waals surface area (Å²) in [6.07, 6.45) is 0. The number of rotatable bonds is 5. The topological polar surface area (TPSA) is 44.8 Å². The molecule has 0 atom stereocenters. The molecule has 0 unspecified atom stereocenters. The summed E-state index contributed by atoms with van der Waals surface area (Å²) < 4.78 is 15.5. The Balaban J connectivity index is 2.11. The molecule has 0 bridgehead atoms. The van der Waals surface area contributed by atoms with Crippen LogP contribution in [0.1, 0.15) is 15.9 Å². The Kier molecular flexibility index (Phi) is 5.06. The van der Waals surface area contributed by atoms with Gasteiger partial charge >= 0.3 is 5.97 Å². The number of hydrogen-bond donors (Lipinski definition) is 0. The van der Waals surface area contributed by atoms with E-state index in [0.29, 0.717) is 22.1 Å². The molecule has 4 nitrogen and oxygen atoms in total. The fraction of sp³-hybridized carbons (Fsp3) is 0.188. The lowest BCUT2D eigenvalue weighted by atomic mass is 10.2. The predicted octanol–water partition coefficient (Wildman–Crippen LogP) is 3.71. The van der Waals surface area contributed by atoms with E-state index in [1.807, 2.05) is 18.2 Å². The lowest BCUT2D eigenvalue weighted by Gasteiger charge is -2.09. The number of ether oxygens (including phenoxy) is 3. The number of halogens is 1. The summed E-state index contributed by atoms with van der Waals surface area (Å²) in [6, 6.07) is 12.1. The molecule has 0 aromatic heterocycles. The van der Waals surface area contributed by atoms with E-state index in [1.165, 1.54) is 14.2 Å². The van der Waals surface area contributed by atoms with Gasteiger partial charge in [0.2, 0.25) is 0 Å². The number of carbonyl (C=O) groups excluding carboxylic acids is 1. The van der Waals surface area contributed by atoms with Crippen LogP contribution < -0.4 is 9.47 Å². The van der Waals surface area contributed by atoms with Gasteiger partial charge in [-0.2, -0.15) is 0 Å². The number of carbonyl (C=O) groups is 1. The third-order valence-corrected chi connectivity index (χ3v) is 3.27. The highest BCUT2D eigenvalue weighted by Gasteiger charge is 2.12. The van der Waals surface area contributed by atoms with Crippen LogP contribution in [0.5, 0.6) is 11.5 Å². The molecule has 0 aliphatic carbocycles. The summed E-state index contributed by atoms with van der Waals surface area (Å²) in [4.78, 5) is 12.1. The van der Waals surface area contributed by atoms with E-state index in [9.17, 15) is 4.79 Å². The average Bonchev–Trinajstić information content (AvgIpc) is 2.53. The summed E-state index contributed by atoms with van der Waals surface area (Å²) in [5.41, 5.74) is 1.11. The molecule has 0 N–H and O–H groups in total. The van der Waals surface area contributed by atoms with Crippen LogP contribution >= 0.6 is 11.6 Å². The van der Waals surface area contributed by atoms with Gasteiger partial charge in [0.1, 0.15) is 18.1 Å². The third kappa shape index (κ3) is 3.89. The van der Waals surface area contributed by atoms with Crippen molar-refractivity contribution in [1.29, 1.82) is 0 Å². The highest BCUT2D eigenvalue weighted by atomic mass is 35.5. The summed E-state index contributed by atoms with van der Waals surface area (Å²) in [6.45, 7) is 0.109. The molecular formula is C16H15ClO4. The van der Waals surface area contributed by atoms with Crippen molar-refractivity contribution in [3.05, 3.63) is 58.6 Å². The van der Waals surface area contributed by atoms with E-state index >= 15 is 0 Å². The largest absolute Gasteiger partial charge is 0.497 e. The fourth-order valence-electron chi connectivity index (χ4n) is 1.77. The number of esters is 1. The van der Waals surface area contributed by atoms with Crippen molar-refractivity contribution in [2.75, 3.05) is 14.2 Å². The van der Waals surface area contributed by atoms with E-state index in [-0.39, 0.29) is 6.61 Å². The summed E-state index contributed by atoms with van der Waals surface area (Å²) in [5.74, 6) is 0.588. The maximum Gasteiger partial charge on any atom is 0.338 e. The molecule has 5 heteroatoms. The molecule has 0 saturated carbocycles. The molecular weight excluding hydrogens is 292 g/mol. The van der Waals surface area contributed by atoms with Crippen LogP contribution in [-0.4, -0.2) is 20.2 Å². The first kappa shape index (κ1) is 15.2. The zero-order valence-electron chi connectivity index (χ0n) is 11.8. The van der Waals surface area contributed by atoms with E-state index in [1.54, 1.807) is 24.3 Å². The van der Waals surface area contributed by atoms with Crippen molar-refractivity contribution >= 4 is 17.6 Å². The van der Waals surface area contributed by atoms with Gasteiger partial charge in [0.15, 0.2) is 0 Å². The quantitative estimate of drug-likeness (QED) is 0.790. The summed E-state index contributed by atoms with van der Waals surface area (Å²) in [7, 11) is 3.04. The van der Waals surface area contributed by atoms with Crippen molar-refractivity contribution in [2.45, 2.75) is 6.61 Å². The molecule has 0 saturated heterocycles. The molecule has 0 fully saturated rings. The van der Waals surface area contributed by atoms with Gasteiger partial charge in [0.05, 0.1) is 19.8 Å². The summed E-state index contributed by atoms with van der Waals surface area (Å²) >= 11 is 6.02. The van der Waals surface area contributed by atoms with Gasteiger partial charge in [-0.05, 0) is 18.2 Å². The Morgan fingerprint density at radius 1 is 1.05 bits per heavy atom. The Hall–Kier alpha value is -2.20. The normalized spacial score (nSPS) is 10.0. The standard InChI is InChI=1S/C16H15ClO4/c1-19-13-7-12(8-14(9-13)20-2)16(18)21-10-11-5-3-4-6-15(11)17/h3-9H,10H2,1-2H3. The number of hydrogen-bond acceptors (Lipinski definition) is 4. The average molecular weight is 307 g/mol. The first-order valence-electron chi connectivity index (χ1n) is 6.27. The van der Waals surface area contributed by atoms with E-state index < -0.39 is 5.97 Å². The highest BCUT2D eigenvalue weighted by Crippen LogP contribution is 2.23. The molecule has 0 heterocycles. The molecule has 0 radical (unpaired) electrons. The molecule has 0 aliphatic heterocycles. The predicted molar refractivity (Wildman–Crippen MR) is 80.1 cm³/mol. The number of benzene rings is 2. The zero-order chi connectivity index (χ0) is 15.2. The van der Waals surface area contributed by atoms with Crippen LogP contribution in [0.4, 0.5) is 0 Å². The van der Waals surface area contributed by atoms with Gasteiger partial charge < -0.3 is 14.2 Å². The van der Waals surface area contributed by atoms with Gasteiger partial charge in [-0.15, -0.1) is 0 Å². The van der Waals surface area contributed by atoms with E-state index in [0.717, 1.165) is 5.56 Å². The van der Waals surface area contributed by atoms with Crippen LogP contribution in [0.15, 0.2) is 42.5 Å². The Morgan fingerprint density at radius 2 is 1.67 bits per heavy atom. The van der Waals surface area contributed by atoms with Gasteiger partial charge in [-0.1, -0.05) is 29.8 Å². The van der Waals surface area contributed by atoms with Crippen molar-refractivity contribution in [1.82, 2.24) is 0 Å². The van der Waals surface area contributed by atoms with Crippen molar-refractivity contribution < 1.29 is 19.0 Å². The van der Waals surface area contributed by atoms with Crippen LogP contribution in [0.3, 0.4) is 0 Å². The minimum absolute atomic E-state index is 0.109. The molecule has 2 rings (SSSR count). The highest BCUT2D eigenvalue weighted by molar-refractivity contribution is 6.31. The first-order valence-corrected chi connectivity index (χ1v) is 6.65. The van der Waals surface area contributed by atoms with Gasteiger partial charge in [-0.25, -0.2) is 4.79 Å². The van der Waals surface area contributed by atoms with Crippen molar-refractivity contribution in [2.24, 2.45) is 0 Å². The van der Waals surface area contributed by atoms with Gasteiger partial charge in [0.25, 0.3) is 0 Å². The lowest BCUT2D eigenvalue weighted by molar-refractivity contribution is 0.0472. The SMILES string of the molecule is COc1cc(OC)cc(C(=O)OCc2ccccc2Cl)c1. The van der Waals surface area contributed by atoms with E-state index in [4.69, 9.17) is 25.8 Å². The maximum atomic E-state index is 12.1. The molecule has 21 heavy (non-hydrogen) atoms. The van der Waals surface area contributed by atoms with Gasteiger partial charge in [0, 0.05) is 16.7 Å². The van der Waals surface area contributed by atoms with Crippen LogP contribution in [0, 0.1) is 0 Å². The second-order valence-electron chi connectivity index (χ2n) is 4.27. The summed E-state index contributed by atoms with van der Waals surface area (Å²) in [5, 5.41) is 0.563. The Bertz CT molecular complexity index is 618. The van der Waals surface area contributed by atoms with Crippen molar-refractivity contribution in [3.8, 4) is 11.5 Å². The van der Waals surface area contributed by atoms with Crippen LogP contribution in [0.25, 0.3) is 0 Å². The first-order chi connectivity index (χ1) is 10.1. The monoisotopic (exact) mass is 306 g/mol. The minimum atomic E-state index is -0.466. The molecule has 0 aliphatic rings.